The number of H-pyrrole nitrogens is 3. The van der Waals surface area contributed by atoms with Crippen LogP contribution in [0.2, 0.25) is 0 Å². The number of nitrogens with one attached hydrogen (secondary N) is 4. The largest absolute Gasteiger partial charge is 0.468 e. The van der Waals surface area contributed by atoms with Crippen molar-refractivity contribution in [2.75, 3.05) is 13.7 Å². The van der Waals surface area contributed by atoms with Gasteiger partial charge in [-0.3, -0.25) is 14.4 Å². The molecule has 6 rings (SSSR count). The Morgan fingerprint density at radius 3 is 2.40 bits per heavy atom. The third kappa shape index (κ3) is 5.81. The van der Waals surface area contributed by atoms with Crippen LogP contribution in [0.5, 0.6) is 0 Å². The average molecular weight is 679 g/mol. The number of methoxy groups -OCH3 is 1. The number of hydrogen-bond donors (Lipinski definition) is 5. The van der Waals surface area contributed by atoms with Gasteiger partial charge in [-0.05, 0) is 81.5 Å². The maximum absolute atomic E-state index is 14.3. The first kappa shape index (κ1) is 34.8. The monoisotopic (exact) mass is 678 g/mol. The van der Waals surface area contributed by atoms with Gasteiger partial charge < -0.3 is 34.8 Å². The lowest BCUT2D eigenvalue weighted by Crippen LogP contribution is -2.25. The first-order chi connectivity index (χ1) is 23.9. The van der Waals surface area contributed by atoms with Crippen LogP contribution in [-0.2, 0) is 32.1 Å². The number of Topliss-reactive ketones (excluding diaryl/α,β-unsaturated/α-hetero) is 1. The Labute approximate surface area is 291 Å². The molecule has 3 aliphatic rings. The summed E-state index contributed by atoms with van der Waals surface area (Å²) < 4.78 is 10.7. The molecule has 10 nitrogen and oxygen atoms in total. The first-order valence-electron chi connectivity index (χ1n) is 17.2. The minimum atomic E-state index is -1.24. The third-order valence-corrected chi connectivity index (χ3v) is 10.5. The van der Waals surface area contributed by atoms with E-state index in [1.807, 2.05) is 39.0 Å². The molecule has 50 heavy (non-hydrogen) atoms. The van der Waals surface area contributed by atoms with Crippen molar-refractivity contribution < 1.29 is 29.0 Å². The molecule has 0 spiro atoms. The van der Waals surface area contributed by atoms with Crippen LogP contribution in [-0.4, -0.2) is 51.5 Å². The van der Waals surface area contributed by atoms with Gasteiger partial charge in [0.25, 0.3) is 0 Å². The number of ketones is 1. The van der Waals surface area contributed by atoms with Gasteiger partial charge in [0.1, 0.15) is 12.5 Å². The number of aliphatic hydroxyl groups excluding tert-OH is 1. The zero-order valence-electron chi connectivity index (χ0n) is 29.8. The Kier molecular flexibility index (Phi) is 9.50. The number of carbonyl (C=O) groups excluding carboxylic acids is 3. The van der Waals surface area contributed by atoms with Gasteiger partial charge in [0.15, 0.2) is 5.78 Å². The number of esters is 2. The Hall–Kier alpha value is -5.09. The van der Waals surface area contributed by atoms with E-state index in [-0.39, 0.29) is 36.4 Å². The maximum atomic E-state index is 14.3. The smallest absolute Gasteiger partial charge is 0.321 e. The molecule has 0 aromatic carbocycles. The zero-order chi connectivity index (χ0) is 36.0. The number of allylic oxidation sites excluding steroid dienone is 3. The van der Waals surface area contributed by atoms with Gasteiger partial charge in [0.05, 0.1) is 25.0 Å². The normalized spacial score (nSPS) is 22.8. The summed E-state index contributed by atoms with van der Waals surface area (Å²) in [7, 11) is 1.27. The lowest BCUT2D eigenvalue weighted by atomic mass is 9.85. The summed E-state index contributed by atoms with van der Waals surface area (Å²) in [6.45, 7) is 16.1. The SMILES string of the molecule is C=Cc1c2[nH]c(c1C)/C=C1\N/C(=C3\c4[nH]c(c(CO)c4C(=O)[C@@H]3C(=O)OC)/C=c3\[nH]/c(c(C)c3CC)=C\2)[C@@H](CCC(=O)OCC=C(C)C)[C@@H]1C. The predicted molar refractivity (Wildman–Crippen MR) is 194 cm³/mol. The highest BCUT2D eigenvalue weighted by Crippen LogP contribution is 2.48. The van der Waals surface area contributed by atoms with Crippen LogP contribution in [0.4, 0.5) is 0 Å². The Balaban J connectivity index is 1.64. The lowest BCUT2D eigenvalue weighted by molar-refractivity contribution is -0.143. The third-order valence-electron chi connectivity index (χ3n) is 10.5. The van der Waals surface area contributed by atoms with E-state index in [2.05, 4.69) is 59.8 Å². The van der Waals surface area contributed by atoms with Crippen molar-refractivity contribution in [3.8, 4) is 0 Å². The Morgan fingerprint density at radius 1 is 1.00 bits per heavy atom. The molecule has 1 aliphatic carbocycles. The highest BCUT2D eigenvalue weighted by molar-refractivity contribution is 6.24. The number of carbonyl (C=O) groups is 3. The fourth-order valence-electron chi connectivity index (χ4n) is 7.70. The van der Waals surface area contributed by atoms with Gasteiger partial charge in [-0.2, -0.15) is 0 Å². The molecular formula is C40H46N4O6. The van der Waals surface area contributed by atoms with Crippen molar-refractivity contribution in [3.63, 3.8) is 0 Å². The summed E-state index contributed by atoms with van der Waals surface area (Å²) in [6, 6.07) is 0. The van der Waals surface area contributed by atoms with E-state index >= 15 is 0 Å². The van der Waals surface area contributed by atoms with Crippen molar-refractivity contribution in [2.45, 2.75) is 67.4 Å². The van der Waals surface area contributed by atoms with E-state index in [1.54, 1.807) is 0 Å². The number of fused-ring (bicyclic) bond motifs is 7. The standard InChI is InChI=1S/C40H46N4O6/c1-9-23-20(5)27-15-29-22(7)25(11-12-33(46)50-14-13-19(3)4)37(43-29)35-36(40(48)49-8)39(47)34-26(18-45)32(44-38(34)35)17-31-24(10-2)21(6)28(42-31)16-30(23)41-27/h9,13,15-17,22,25,36,41-45H,1,10-12,14,18H2,2-8H3/b28-16-,29-15-,31-17-,37-35-/t22-,25-,36+/m0/s1. The van der Waals surface area contributed by atoms with Crippen LogP contribution in [0.1, 0.15) is 101 Å². The van der Waals surface area contributed by atoms with Crippen molar-refractivity contribution >= 4 is 47.6 Å². The van der Waals surface area contributed by atoms with Crippen LogP contribution in [0.3, 0.4) is 0 Å². The van der Waals surface area contributed by atoms with Crippen molar-refractivity contribution in [2.24, 2.45) is 17.8 Å². The Morgan fingerprint density at radius 2 is 1.74 bits per heavy atom. The van der Waals surface area contributed by atoms with E-state index in [4.69, 9.17) is 9.47 Å². The Bertz CT molecular complexity index is 2150. The highest BCUT2D eigenvalue weighted by atomic mass is 16.5. The highest BCUT2D eigenvalue weighted by Gasteiger charge is 2.49. The van der Waals surface area contributed by atoms with Crippen LogP contribution in [0.15, 0.2) is 29.6 Å². The van der Waals surface area contributed by atoms with Crippen LogP contribution < -0.4 is 16.0 Å². The van der Waals surface area contributed by atoms with Crippen LogP contribution in [0.25, 0.3) is 29.9 Å². The summed E-state index contributed by atoms with van der Waals surface area (Å²) in [5.41, 5.74) is 10.8. The second-order valence-corrected chi connectivity index (χ2v) is 13.6. The van der Waals surface area contributed by atoms with Crippen molar-refractivity contribution in [1.29, 1.82) is 0 Å². The number of hydrogen-bond acceptors (Lipinski definition) is 7. The van der Waals surface area contributed by atoms with Gasteiger partial charge >= 0.3 is 11.9 Å². The second kappa shape index (κ2) is 13.7. The molecule has 3 aromatic rings. The molecule has 262 valence electrons. The van der Waals surface area contributed by atoms with Crippen molar-refractivity contribution in [3.05, 3.63) is 96.5 Å². The fourth-order valence-corrected chi connectivity index (χ4v) is 7.70. The topological polar surface area (TPSA) is 149 Å². The molecule has 1 saturated heterocycles. The number of aromatic nitrogens is 3. The van der Waals surface area contributed by atoms with Crippen molar-refractivity contribution in [1.82, 2.24) is 20.3 Å². The quantitative estimate of drug-likeness (QED) is 0.124. The molecular weight excluding hydrogens is 632 g/mol. The van der Waals surface area contributed by atoms with E-state index in [0.29, 0.717) is 34.6 Å². The first-order valence-corrected chi connectivity index (χ1v) is 17.2. The van der Waals surface area contributed by atoms with Crippen LogP contribution >= 0.6 is 0 Å². The molecule has 0 unspecified atom stereocenters. The lowest BCUT2D eigenvalue weighted by Gasteiger charge is -2.19. The van der Waals surface area contributed by atoms with E-state index in [9.17, 15) is 19.5 Å². The molecule has 5 N–H and O–H groups in total. The van der Waals surface area contributed by atoms with E-state index in [0.717, 1.165) is 62.0 Å². The number of rotatable bonds is 9. The molecule has 3 atom stereocenters. The van der Waals surface area contributed by atoms with Gasteiger partial charge in [-0.1, -0.05) is 32.1 Å². The molecule has 10 heteroatoms. The summed E-state index contributed by atoms with van der Waals surface area (Å²) in [6.07, 6.45) is 11.1. The minimum absolute atomic E-state index is 0.128. The van der Waals surface area contributed by atoms with Crippen LogP contribution in [0, 0.1) is 31.6 Å². The second-order valence-electron chi connectivity index (χ2n) is 13.6. The summed E-state index contributed by atoms with van der Waals surface area (Å²) in [4.78, 5) is 51.2. The van der Waals surface area contributed by atoms with Gasteiger partial charge in [0, 0.05) is 74.1 Å². The predicted octanol–water partition coefficient (Wildman–Crippen LogP) is 4.84. The van der Waals surface area contributed by atoms with Gasteiger partial charge in [-0.25, -0.2) is 0 Å². The average Bonchev–Trinajstić information content (AvgIpc) is 3.83. The number of aliphatic hydroxyl groups is 1. The zero-order valence-corrected chi connectivity index (χ0v) is 29.8. The minimum Gasteiger partial charge on any atom is -0.468 e. The summed E-state index contributed by atoms with van der Waals surface area (Å²) in [5, 5.41) is 16.1. The maximum Gasteiger partial charge on any atom is 0.321 e. The summed E-state index contributed by atoms with van der Waals surface area (Å²) in [5.74, 6) is -3.10. The van der Waals surface area contributed by atoms with Gasteiger partial charge in [0.2, 0.25) is 0 Å². The van der Waals surface area contributed by atoms with Gasteiger partial charge in [-0.15, -0.1) is 0 Å². The van der Waals surface area contributed by atoms with E-state index in [1.165, 1.54) is 7.11 Å². The molecule has 1 fully saturated rings. The molecule has 0 amide bonds. The van der Waals surface area contributed by atoms with E-state index < -0.39 is 24.3 Å². The molecule has 3 aromatic heterocycles. The molecule has 8 bridgehead atoms. The molecule has 0 radical (unpaired) electrons. The molecule has 0 saturated carbocycles. The summed E-state index contributed by atoms with van der Waals surface area (Å²) >= 11 is 0. The molecule has 5 heterocycles. The number of aromatic amines is 3. The molecule has 2 aliphatic heterocycles. The fraction of sp³-hybridized carbons (Fsp3) is 0.375. The number of ether oxygens (including phenoxy) is 2.